The van der Waals surface area contributed by atoms with Gasteiger partial charge in [-0.3, -0.25) is 4.79 Å². The first-order chi connectivity index (χ1) is 9.79. The summed E-state index contributed by atoms with van der Waals surface area (Å²) in [7, 11) is 0. The second-order valence-corrected chi connectivity index (χ2v) is 5.60. The first-order valence-corrected chi connectivity index (χ1v) is 7.05. The van der Waals surface area contributed by atoms with E-state index in [-0.39, 0.29) is 24.5 Å². The van der Waals surface area contributed by atoms with E-state index in [0.717, 1.165) is 0 Å². The van der Waals surface area contributed by atoms with E-state index in [9.17, 15) is 13.6 Å². The highest BCUT2D eigenvalue weighted by Gasteiger charge is 2.27. The van der Waals surface area contributed by atoms with Crippen molar-refractivity contribution in [3.63, 3.8) is 0 Å². The maximum absolute atomic E-state index is 12.8. The van der Waals surface area contributed by atoms with Gasteiger partial charge in [0.15, 0.2) is 0 Å². The van der Waals surface area contributed by atoms with Gasteiger partial charge in [-0.1, -0.05) is 0 Å². The van der Waals surface area contributed by atoms with Crippen LogP contribution in [-0.2, 0) is 16.0 Å². The number of alkyl halides is 2. The van der Waals surface area contributed by atoms with Crippen LogP contribution in [0.4, 0.5) is 8.78 Å². The van der Waals surface area contributed by atoms with E-state index >= 15 is 0 Å². The number of aromatic nitrogens is 2. The fourth-order valence-electron chi connectivity index (χ4n) is 2.79. The molecule has 1 aromatic rings. The molecule has 0 saturated carbocycles. The molecule has 0 N–H and O–H groups in total. The van der Waals surface area contributed by atoms with Gasteiger partial charge in [0.1, 0.15) is 0 Å². The Labute approximate surface area is 122 Å². The summed E-state index contributed by atoms with van der Waals surface area (Å²) in [5.74, 6) is -0.0722. The van der Waals surface area contributed by atoms with E-state index in [1.165, 1.54) is 0 Å². The lowest BCUT2D eigenvalue weighted by Crippen LogP contribution is -2.48. The van der Waals surface area contributed by atoms with E-state index < -0.39 is 6.55 Å². The number of amides is 1. The van der Waals surface area contributed by atoms with Gasteiger partial charge in [-0.2, -0.15) is 13.9 Å². The summed E-state index contributed by atoms with van der Waals surface area (Å²) in [6, 6.07) is 0. The minimum absolute atomic E-state index is 0.0105. The molecule has 1 saturated heterocycles. The highest BCUT2D eigenvalue weighted by molar-refractivity contribution is 5.79. The standard InChI is InChI=1S/C14H21F2N3O2/c1-8-6-18(7-9(2)21-8)13(20)5-12-10(3)17-19(11(12)4)14(15)16/h8-9,14H,5-7H2,1-4H3/t8-,9+. The molecule has 0 spiro atoms. The summed E-state index contributed by atoms with van der Waals surface area (Å²) in [5.41, 5.74) is 1.42. The molecule has 1 aliphatic rings. The summed E-state index contributed by atoms with van der Waals surface area (Å²) in [4.78, 5) is 14.1. The largest absolute Gasteiger partial charge is 0.372 e. The molecule has 0 aliphatic carbocycles. The molecule has 2 rings (SSSR count). The maximum Gasteiger partial charge on any atom is 0.333 e. The van der Waals surface area contributed by atoms with Crippen LogP contribution < -0.4 is 0 Å². The molecule has 0 aromatic carbocycles. The van der Waals surface area contributed by atoms with Gasteiger partial charge in [-0.15, -0.1) is 0 Å². The average Bonchev–Trinajstić information content (AvgIpc) is 2.65. The highest BCUT2D eigenvalue weighted by atomic mass is 19.3. The molecule has 1 aromatic heterocycles. The van der Waals surface area contributed by atoms with Crippen LogP contribution in [0.3, 0.4) is 0 Å². The fourth-order valence-corrected chi connectivity index (χ4v) is 2.79. The van der Waals surface area contributed by atoms with Crippen molar-refractivity contribution in [3.8, 4) is 0 Å². The van der Waals surface area contributed by atoms with E-state index in [1.54, 1.807) is 18.7 Å². The fraction of sp³-hybridized carbons (Fsp3) is 0.714. The van der Waals surface area contributed by atoms with Gasteiger partial charge in [0.25, 0.3) is 0 Å². The lowest BCUT2D eigenvalue weighted by atomic mass is 10.1. The molecular weight excluding hydrogens is 280 g/mol. The SMILES string of the molecule is Cc1nn(C(F)F)c(C)c1CC(=O)N1C[C@@H](C)O[C@@H](C)C1. The van der Waals surface area contributed by atoms with Crippen molar-refractivity contribution >= 4 is 5.91 Å². The topological polar surface area (TPSA) is 47.4 Å². The molecule has 0 bridgehead atoms. The Morgan fingerprint density at radius 1 is 1.33 bits per heavy atom. The predicted octanol–water partition coefficient (Wildman–Crippen LogP) is 2.07. The van der Waals surface area contributed by atoms with E-state index in [0.29, 0.717) is 34.7 Å². The second kappa shape index (κ2) is 6.09. The van der Waals surface area contributed by atoms with Crippen LogP contribution in [0.15, 0.2) is 0 Å². The van der Waals surface area contributed by atoms with Crippen molar-refractivity contribution in [1.82, 2.24) is 14.7 Å². The predicted molar refractivity (Wildman–Crippen MR) is 73.2 cm³/mol. The zero-order valence-electron chi connectivity index (χ0n) is 12.8. The van der Waals surface area contributed by atoms with Crippen LogP contribution in [0.2, 0.25) is 0 Å². The number of nitrogens with zero attached hydrogens (tertiary/aromatic N) is 3. The summed E-state index contributed by atoms with van der Waals surface area (Å²) in [6.45, 7) is 5.44. The summed E-state index contributed by atoms with van der Waals surface area (Å²) in [5, 5.41) is 3.81. The third-order valence-corrected chi connectivity index (χ3v) is 3.76. The number of aryl methyl sites for hydroxylation is 1. The van der Waals surface area contributed by atoms with Crippen LogP contribution in [-0.4, -0.2) is 45.9 Å². The molecular formula is C14H21F2N3O2. The smallest absolute Gasteiger partial charge is 0.333 e. The molecule has 1 aliphatic heterocycles. The third-order valence-electron chi connectivity index (χ3n) is 3.76. The Kier molecular flexibility index (Phi) is 4.61. The molecule has 21 heavy (non-hydrogen) atoms. The molecule has 1 fully saturated rings. The number of morpholine rings is 1. The van der Waals surface area contributed by atoms with Crippen molar-refractivity contribution in [2.75, 3.05) is 13.1 Å². The van der Waals surface area contributed by atoms with Crippen LogP contribution in [0, 0.1) is 13.8 Å². The van der Waals surface area contributed by atoms with Gasteiger partial charge in [0, 0.05) is 24.3 Å². The van der Waals surface area contributed by atoms with Crippen molar-refractivity contribution in [2.45, 2.75) is 52.9 Å². The molecule has 7 heteroatoms. The Bertz CT molecular complexity index is 521. The molecule has 2 atom stereocenters. The van der Waals surface area contributed by atoms with E-state index in [1.807, 2.05) is 13.8 Å². The van der Waals surface area contributed by atoms with Gasteiger partial charge in [0.2, 0.25) is 5.91 Å². The van der Waals surface area contributed by atoms with E-state index in [2.05, 4.69) is 5.10 Å². The van der Waals surface area contributed by atoms with Gasteiger partial charge in [-0.25, -0.2) is 4.68 Å². The first kappa shape index (κ1) is 15.9. The lowest BCUT2D eigenvalue weighted by Gasteiger charge is -2.35. The third kappa shape index (κ3) is 3.40. The molecule has 1 amide bonds. The van der Waals surface area contributed by atoms with Crippen LogP contribution in [0.1, 0.15) is 37.3 Å². The molecule has 0 radical (unpaired) electrons. The Hall–Kier alpha value is -1.50. The summed E-state index contributed by atoms with van der Waals surface area (Å²) < 4.78 is 31.9. The molecule has 118 valence electrons. The number of rotatable bonds is 3. The normalized spacial score (nSPS) is 22.9. The Morgan fingerprint density at radius 3 is 2.38 bits per heavy atom. The number of halogens is 2. The van der Waals surface area contributed by atoms with Crippen molar-refractivity contribution < 1.29 is 18.3 Å². The number of hydrogen-bond donors (Lipinski definition) is 0. The maximum atomic E-state index is 12.8. The number of carbonyl (C=O) groups is 1. The quantitative estimate of drug-likeness (QED) is 0.858. The van der Waals surface area contributed by atoms with Crippen LogP contribution >= 0.6 is 0 Å². The number of carbonyl (C=O) groups excluding carboxylic acids is 1. The Balaban J connectivity index is 2.13. The number of ether oxygens (including phenoxy) is 1. The van der Waals surface area contributed by atoms with Gasteiger partial charge >= 0.3 is 6.55 Å². The Morgan fingerprint density at radius 2 is 1.90 bits per heavy atom. The van der Waals surface area contributed by atoms with Crippen molar-refractivity contribution in [2.24, 2.45) is 0 Å². The van der Waals surface area contributed by atoms with Crippen LogP contribution in [0.25, 0.3) is 0 Å². The van der Waals surface area contributed by atoms with E-state index in [4.69, 9.17) is 4.74 Å². The molecule has 2 heterocycles. The number of hydrogen-bond acceptors (Lipinski definition) is 3. The average molecular weight is 301 g/mol. The molecule has 5 nitrogen and oxygen atoms in total. The minimum atomic E-state index is -2.68. The summed E-state index contributed by atoms with van der Waals surface area (Å²) in [6.07, 6.45) is 0.0801. The highest BCUT2D eigenvalue weighted by Crippen LogP contribution is 2.21. The monoisotopic (exact) mass is 301 g/mol. The minimum Gasteiger partial charge on any atom is -0.372 e. The first-order valence-electron chi connectivity index (χ1n) is 7.05. The molecule has 0 unspecified atom stereocenters. The van der Waals surface area contributed by atoms with Gasteiger partial charge in [-0.05, 0) is 27.7 Å². The zero-order chi connectivity index (χ0) is 15.7. The van der Waals surface area contributed by atoms with Gasteiger partial charge < -0.3 is 9.64 Å². The van der Waals surface area contributed by atoms with Crippen molar-refractivity contribution in [1.29, 1.82) is 0 Å². The van der Waals surface area contributed by atoms with Crippen molar-refractivity contribution in [3.05, 3.63) is 17.0 Å². The lowest BCUT2D eigenvalue weighted by molar-refractivity contribution is -0.142. The van der Waals surface area contributed by atoms with Gasteiger partial charge in [0.05, 0.1) is 24.3 Å². The van der Waals surface area contributed by atoms with Crippen LogP contribution in [0.5, 0.6) is 0 Å². The second-order valence-electron chi connectivity index (χ2n) is 5.60. The zero-order valence-corrected chi connectivity index (χ0v) is 12.8. The summed E-state index contributed by atoms with van der Waals surface area (Å²) >= 11 is 0.